The first-order valence-electron chi connectivity index (χ1n) is 5.04. The molecular formula is C11H16N2O2S. The smallest absolute Gasteiger partial charge is 0.239 e. The van der Waals surface area contributed by atoms with E-state index in [-0.39, 0.29) is 12.5 Å². The quantitative estimate of drug-likeness (QED) is 0.765. The van der Waals surface area contributed by atoms with E-state index in [1.54, 1.807) is 6.26 Å². The van der Waals surface area contributed by atoms with Gasteiger partial charge >= 0.3 is 0 Å². The zero-order chi connectivity index (χ0) is 11.8. The van der Waals surface area contributed by atoms with E-state index in [2.05, 4.69) is 10.6 Å². The van der Waals surface area contributed by atoms with Gasteiger partial charge in [0, 0.05) is 35.0 Å². The fourth-order valence-electron chi connectivity index (χ4n) is 1.14. The minimum absolute atomic E-state index is 0.0886. The average Bonchev–Trinajstić information content (AvgIpc) is 2.27. The minimum atomic E-state index is -0.857. The van der Waals surface area contributed by atoms with Crippen LogP contribution in [0.25, 0.3) is 0 Å². The number of anilines is 1. The van der Waals surface area contributed by atoms with E-state index in [0.29, 0.717) is 12.3 Å². The van der Waals surface area contributed by atoms with Crippen molar-refractivity contribution in [3.63, 3.8) is 0 Å². The monoisotopic (exact) mass is 240 g/mol. The molecule has 0 aliphatic rings. The van der Waals surface area contributed by atoms with Crippen molar-refractivity contribution in [1.29, 1.82) is 0 Å². The molecule has 1 aromatic carbocycles. The van der Waals surface area contributed by atoms with Crippen LogP contribution in [0.1, 0.15) is 0 Å². The molecule has 4 nitrogen and oxygen atoms in total. The highest BCUT2D eigenvalue weighted by Crippen LogP contribution is 2.03. The molecule has 0 bridgehead atoms. The zero-order valence-corrected chi connectivity index (χ0v) is 10.0. The Kier molecular flexibility index (Phi) is 5.56. The van der Waals surface area contributed by atoms with E-state index >= 15 is 0 Å². The van der Waals surface area contributed by atoms with Gasteiger partial charge in [-0.05, 0) is 12.1 Å². The fourth-order valence-corrected chi connectivity index (χ4v) is 1.52. The maximum absolute atomic E-state index is 11.3. The summed E-state index contributed by atoms with van der Waals surface area (Å²) in [4.78, 5) is 11.3. The first kappa shape index (κ1) is 12.7. The van der Waals surface area contributed by atoms with Crippen LogP contribution in [-0.4, -0.2) is 35.2 Å². The Hall–Kier alpha value is -1.36. The Morgan fingerprint density at radius 1 is 1.31 bits per heavy atom. The molecule has 0 aliphatic heterocycles. The number of amides is 1. The number of para-hydroxylation sites is 1. The highest BCUT2D eigenvalue weighted by Gasteiger charge is 2.00. The van der Waals surface area contributed by atoms with Crippen LogP contribution in [0.3, 0.4) is 0 Å². The maximum Gasteiger partial charge on any atom is 0.239 e. The lowest BCUT2D eigenvalue weighted by atomic mass is 10.3. The molecular weight excluding hydrogens is 224 g/mol. The molecule has 0 saturated carbocycles. The van der Waals surface area contributed by atoms with Gasteiger partial charge in [0.25, 0.3) is 0 Å². The fraction of sp³-hybridized carbons (Fsp3) is 0.364. The molecule has 16 heavy (non-hydrogen) atoms. The summed E-state index contributed by atoms with van der Waals surface area (Å²) in [6.45, 7) is 0.693. The molecule has 0 aromatic heterocycles. The van der Waals surface area contributed by atoms with Crippen LogP contribution in [0.4, 0.5) is 5.69 Å². The van der Waals surface area contributed by atoms with Crippen molar-refractivity contribution in [3.8, 4) is 0 Å². The van der Waals surface area contributed by atoms with E-state index in [4.69, 9.17) is 0 Å². The van der Waals surface area contributed by atoms with Crippen molar-refractivity contribution in [1.82, 2.24) is 5.32 Å². The standard InChI is InChI=1S/C11H16N2O2S/c1-16(15)8-7-12-11(14)9-13-10-5-3-2-4-6-10/h2-6,13H,7-9H2,1H3,(H,12,14). The van der Waals surface area contributed by atoms with Crippen molar-refractivity contribution >= 4 is 22.4 Å². The molecule has 1 amide bonds. The predicted octanol–water partition coefficient (Wildman–Crippen LogP) is 0.593. The SMILES string of the molecule is CS(=O)CCNC(=O)CNc1ccccc1. The number of benzene rings is 1. The molecule has 1 atom stereocenters. The van der Waals surface area contributed by atoms with E-state index in [1.165, 1.54) is 0 Å². The Morgan fingerprint density at radius 2 is 2.00 bits per heavy atom. The topological polar surface area (TPSA) is 58.2 Å². The first-order valence-corrected chi connectivity index (χ1v) is 6.77. The van der Waals surface area contributed by atoms with Crippen LogP contribution in [0.2, 0.25) is 0 Å². The van der Waals surface area contributed by atoms with Crippen molar-refractivity contribution in [2.75, 3.05) is 30.4 Å². The molecule has 0 saturated heterocycles. The van der Waals surface area contributed by atoms with Gasteiger partial charge < -0.3 is 10.6 Å². The lowest BCUT2D eigenvalue weighted by Gasteiger charge is -2.06. The van der Waals surface area contributed by atoms with E-state index in [1.807, 2.05) is 30.3 Å². The number of hydrogen-bond donors (Lipinski definition) is 2. The molecule has 0 spiro atoms. The van der Waals surface area contributed by atoms with Crippen LogP contribution in [0.15, 0.2) is 30.3 Å². The second-order valence-corrected chi connectivity index (χ2v) is 4.90. The van der Waals surface area contributed by atoms with E-state index in [9.17, 15) is 9.00 Å². The Bertz CT molecular complexity index is 354. The van der Waals surface area contributed by atoms with E-state index in [0.717, 1.165) is 5.69 Å². The minimum Gasteiger partial charge on any atom is -0.376 e. The molecule has 5 heteroatoms. The van der Waals surface area contributed by atoms with Gasteiger partial charge in [0.15, 0.2) is 0 Å². The van der Waals surface area contributed by atoms with E-state index < -0.39 is 10.8 Å². The van der Waals surface area contributed by atoms with Crippen molar-refractivity contribution < 1.29 is 9.00 Å². The van der Waals surface area contributed by atoms with Crippen LogP contribution >= 0.6 is 0 Å². The summed E-state index contributed by atoms with van der Waals surface area (Å²) < 4.78 is 10.7. The summed E-state index contributed by atoms with van der Waals surface area (Å²) in [6, 6.07) is 9.52. The molecule has 1 unspecified atom stereocenters. The van der Waals surface area contributed by atoms with Crippen LogP contribution in [0, 0.1) is 0 Å². The van der Waals surface area contributed by atoms with Crippen molar-refractivity contribution in [2.24, 2.45) is 0 Å². The number of nitrogens with one attached hydrogen (secondary N) is 2. The third-order valence-electron chi connectivity index (χ3n) is 1.94. The molecule has 1 aromatic rings. The third kappa shape index (κ3) is 5.50. The van der Waals surface area contributed by atoms with Gasteiger partial charge in [-0.25, -0.2) is 0 Å². The average molecular weight is 240 g/mol. The van der Waals surface area contributed by atoms with Gasteiger partial charge in [0.1, 0.15) is 0 Å². The molecule has 0 radical (unpaired) electrons. The normalized spacial score (nSPS) is 11.8. The molecule has 0 fully saturated rings. The summed E-state index contributed by atoms with van der Waals surface area (Å²) in [5, 5.41) is 5.68. The predicted molar refractivity (Wildman–Crippen MR) is 66.9 cm³/mol. The largest absolute Gasteiger partial charge is 0.376 e. The number of rotatable bonds is 6. The van der Waals surface area contributed by atoms with Gasteiger partial charge in [-0.15, -0.1) is 0 Å². The molecule has 1 rings (SSSR count). The van der Waals surface area contributed by atoms with Gasteiger partial charge in [-0.2, -0.15) is 0 Å². The lowest BCUT2D eigenvalue weighted by Crippen LogP contribution is -2.32. The third-order valence-corrected chi connectivity index (χ3v) is 2.72. The van der Waals surface area contributed by atoms with Crippen LogP contribution in [-0.2, 0) is 15.6 Å². The van der Waals surface area contributed by atoms with Crippen molar-refractivity contribution in [3.05, 3.63) is 30.3 Å². The summed E-state index contributed by atoms with van der Waals surface area (Å²) in [5.74, 6) is 0.408. The highest BCUT2D eigenvalue weighted by molar-refractivity contribution is 7.84. The zero-order valence-electron chi connectivity index (χ0n) is 9.23. The van der Waals surface area contributed by atoms with Gasteiger partial charge in [0.2, 0.25) is 5.91 Å². The summed E-state index contributed by atoms with van der Waals surface area (Å²) >= 11 is 0. The number of carbonyl (C=O) groups is 1. The molecule has 0 heterocycles. The second kappa shape index (κ2) is 7.00. The molecule has 2 N–H and O–H groups in total. The van der Waals surface area contributed by atoms with Gasteiger partial charge in [-0.3, -0.25) is 9.00 Å². The summed E-state index contributed by atoms with van der Waals surface area (Å²) in [6.07, 6.45) is 1.62. The number of hydrogen-bond acceptors (Lipinski definition) is 3. The summed E-state index contributed by atoms with van der Waals surface area (Å²) in [7, 11) is -0.857. The van der Waals surface area contributed by atoms with Crippen molar-refractivity contribution in [2.45, 2.75) is 0 Å². The Balaban J connectivity index is 2.18. The Morgan fingerprint density at radius 3 is 2.62 bits per heavy atom. The van der Waals surface area contributed by atoms with Gasteiger partial charge in [0.05, 0.1) is 6.54 Å². The molecule has 0 aliphatic carbocycles. The van der Waals surface area contributed by atoms with Crippen LogP contribution in [0.5, 0.6) is 0 Å². The summed E-state index contributed by atoms with van der Waals surface area (Å²) in [5.41, 5.74) is 0.914. The van der Waals surface area contributed by atoms with Gasteiger partial charge in [-0.1, -0.05) is 18.2 Å². The highest BCUT2D eigenvalue weighted by atomic mass is 32.2. The lowest BCUT2D eigenvalue weighted by molar-refractivity contribution is -0.119. The van der Waals surface area contributed by atoms with Crippen LogP contribution < -0.4 is 10.6 Å². The second-order valence-electron chi connectivity index (χ2n) is 3.35. The molecule has 88 valence electrons. The first-order chi connectivity index (χ1) is 7.68. The Labute approximate surface area is 97.9 Å². The number of carbonyl (C=O) groups excluding carboxylic acids is 1. The maximum atomic E-state index is 11.3.